The number of imidazole rings is 1. The molecule has 6 atom stereocenters. The number of aliphatic carboxylic acids is 1. The standard InChI is InChI=1S/C23H31N5O5S.ClH/c1-11-18-17(13(3)29)22(31)28(18)19(23(32)33)20(11)34-14-7-15(24-8-14)21(30)26-5-6-27-10-25(4)12(2)16(27)9-26;/h10-11,13-15,17-18,24,29H,5-9H2,1-4H3;1H/t11-,13-,14+,15+,17-,18-;/m1./s1. The van der Waals surface area contributed by atoms with Gasteiger partial charge in [0.2, 0.25) is 18.1 Å². The van der Waals surface area contributed by atoms with E-state index in [1.165, 1.54) is 16.7 Å². The van der Waals surface area contributed by atoms with E-state index in [2.05, 4.69) is 27.7 Å². The molecule has 1 aromatic heterocycles. The van der Waals surface area contributed by atoms with Crippen molar-refractivity contribution in [3.05, 3.63) is 28.3 Å². The summed E-state index contributed by atoms with van der Waals surface area (Å²) >= 11 is 1.47. The number of amides is 2. The van der Waals surface area contributed by atoms with E-state index >= 15 is 0 Å². The summed E-state index contributed by atoms with van der Waals surface area (Å²) in [6.07, 6.45) is 1.86. The van der Waals surface area contributed by atoms with Crippen LogP contribution in [-0.2, 0) is 34.5 Å². The maximum absolute atomic E-state index is 13.3. The highest BCUT2D eigenvalue weighted by Crippen LogP contribution is 2.51. The lowest BCUT2D eigenvalue weighted by atomic mass is 9.79. The molecular formula is C23H32ClN5O5S. The third-order valence-electron chi connectivity index (χ3n) is 7.86. The summed E-state index contributed by atoms with van der Waals surface area (Å²) in [5.74, 6) is -2.09. The minimum absolute atomic E-state index is 0. The monoisotopic (exact) mass is 525 g/mol. The summed E-state index contributed by atoms with van der Waals surface area (Å²) in [7, 11) is 2.01. The Morgan fingerprint density at radius 3 is 2.71 bits per heavy atom. The van der Waals surface area contributed by atoms with Gasteiger partial charge in [-0.15, -0.1) is 11.8 Å². The molecule has 35 heavy (non-hydrogen) atoms. The Morgan fingerprint density at radius 2 is 2.06 bits per heavy atom. The smallest absolute Gasteiger partial charge is 0.353 e. The van der Waals surface area contributed by atoms with Crippen LogP contribution in [0.4, 0.5) is 0 Å². The molecule has 0 saturated carbocycles. The maximum Gasteiger partial charge on any atom is 0.353 e. The van der Waals surface area contributed by atoms with Crippen LogP contribution in [0.25, 0.3) is 0 Å². The van der Waals surface area contributed by atoms with E-state index in [0.717, 1.165) is 17.9 Å². The number of hydrogen-bond acceptors (Lipinski definition) is 6. The highest BCUT2D eigenvalue weighted by Gasteiger charge is 2.60. The average Bonchev–Trinajstić information content (AvgIpc) is 3.43. The predicted octanol–water partition coefficient (Wildman–Crippen LogP) is -3.42. The Labute approximate surface area is 214 Å². The van der Waals surface area contributed by atoms with Gasteiger partial charge in [-0.1, -0.05) is 6.92 Å². The number of carboxylic acids is 1. The number of thioether (sulfide) groups is 1. The van der Waals surface area contributed by atoms with Gasteiger partial charge in [0, 0.05) is 29.5 Å². The fourth-order valence-electron chi connectivity index (χ4n) is 5.91. The third kappa shape index (κ3) is 4.06. The van der Waals surface area contributed by atoms with E-state index in [1.54, 1.807) is 6.92 Å². The molecule has 4 aliphatic rings. The van der Waals surface area contributed by atoms with Gasteiger partial charge in [0.15, 0.2) is 5.69 Å². The second-order valence-electron chi connectivity index (χ2n) is 9.92. The van der Waals surface area contributed by atoms with Crippen molar-refractivity contribution < 1.29 is 41.6 Å². The lowest BCUT2D eigenvalue weighted by molar-refractivity contribution is -0.710. The zero-order chi connectivity index (χ0) is 24.5. The Hall–Kier alpha value is -2.08. The van der Waals surface area contributed by atoms with Gasteiger partial charge in [0.1, 0.15) is 17.9 Å². The number of aromatic nitrogens is 2. The fourth-order valence-corrected chi connectivity index (χ4v) is 7.39. The SMILES string of the molecule is Cc1c2[n+](cn1C)CCN(C(=O)[C@@H]1C[C@H](SC3=C(C(=O)O)N4C(=O)[C@H]([C@@H](C)O)[C@H]4[C@H]3C)CN1)C2.[Cl-]. The minimum Gasteiger partial charge on any atom is -1.00 e. The maximum atomic E-state index is 13.3. The number of fused-ring (bicyclic) bond motifs is 2. The molecule has 192 valence electrons. The molecule has 0 spiro atoms. The normalized spacial score (nSPS) is 30.5. The number of carbonyl (C=O) groups excluding carboxylic acids is 2. The number of nitrogens with zero attached hydrogens (tertiary/aromatic N) is 4. The molecule has 1 aromatic rings. The summed E-state index contributed by atoms with van der Waals surface area (Å²) in [5, 5.41) is 23.2. The van der Waals surface area contributed by atoms with Gasteiger partial charge in [0.25, 0.3) is 0 Å². The van der Waals surface area contributed by atoms with Crippen molar-refractivity contribution in [1.29, 1.82) is 0 Å². The second-order valence-corrected chi connectivity index (χ2v) is 11.3. The number of nitrogens with one attached hydrogen (secondary N) is 1. The number of carboxylic acid groups (broad SMARTS) is 1. The van der Waals surface area contributed by atoms with Crippen LogP contribution in [0.2, 0.25) is 0 Å². The molecule has 0 unspecified atom stereocenters. The highest BCUT2D eigenvalue weighted by molar-refractivity contribution is 8.03. The zero-order valence-electron chi connectivity index (χ0n) is 20.3. The highest BCUT2D eigenvalue weighted by atomic mass is 35.5. The van der Waals surface area contributed by atoms with Gasteiger partial charge in [-0.25, -0.2) is 13.9 Å². The molecule has 0 aliphatic carbocycles. The van der Waals surface area contributed by atoms with Gasteiger partial charge in [-0.2, -0.15) is 0 Å². The first-order valence-corrected chi connectivity index (χ1v) is 12.7. The van der Waals surface area contributed by atoms with Crippen LogP contribution in [-0.4, -0.2) is 78.9 Å². The predicted molar refractivity (Wildman–Crippen MR) is 123 cm³/mol. The van der Waals surface area contributed by atoms with E-state index in [-0.39, 0.29) is 53.2 Å². The summed E-state index contributed by atoms with van der Waals surface area (Å²) < 4.78 is 4.28. The summed E-state index contributed by atoms with van der Waals surface area (Å²) in [5.41, 5.74) is 2.35. The molecule has 2 saturated heterocycles. The van der Waals surface area contributed by atoms with Crippen molar-refractivity contribution in [2.75, 3.05) is 13.1 Å². The number of aliphatic hydroxyl groups excluding tert-OH is 1. The zero-order valence-corrected chi connectivity index (χ0v) is 21.8. The van der Waals surface area contributed by atoms with Crippen LogP contribution in [0.15, 0.2) is 16.9 Å². The van der Waals surface area contributed by atoms with Crippen molar-refractivity contribution >= 4 is 29.5 Å². The topological polar surface area (TPSA) is 119 Å². The minimum atomic E-state index is -1.12. The average molecular weight is 526 g/mol. The van der Waals surface area contributed by atoms with Crippen molar-refractivity contribution in [1.82, 2.24) is 19.7 Å². The number of aliphatic hydroxyl groups is 1. The van der Waals surface area contributed by atoms with Crippen LogP contribution in [0.5, 0.6) is 0 Å². The first kappa shape index (κ1) is 26.0. The summed E-state index contributed by atoms with van der Waals surface area (Å²) in [6.45, 7) is 8.19. The van der Waals surface area contributed by atoms with E-state index < -0.39 is 18.0 Å². The van der Waals surface area contributed by atoms with Crippen LogP contribution in [0, 0.1) is 18.8 Å². The molecule has 5 rings (SSSR count). The van der Waals surface area contributed by atoms with Crippen LogP contribution in [0.1, 0.15) is 31.7 Å². The van der Waals surface area contributed by atoms with Crippen LogP contribution in [0.3, 0.4) is 0 Å². The largest absolute Gasteiger partial charge is 1.00 e. The van der Waals surface area contributed by atoms with Crippen LogP contribution >= 0.6 is 11.8 Å². The first-order valence-electron chi connectivity index (χ1n) is 11.8. The molecule has 2 amide bonds. The first-order chi connectivity index (χ1) is 16.1. The van der Waals surface area contributed by atoms with Gasteiger partial charge >= 0.3 is 5.97 Å². The molecule has 0 aromatic carbocycles. The Bertz CT molecular complexity index is 1100. The lowest BCUT2D eigenvalue weighted by Crippen LogP contribution is -3.00. The molecule has 5 heterocycles. The number of aryl methyl sites for hydroxylation is 1. The quantitative estimate of drug-likeness (QED) is 0.271. The molecule has 0 bridgehead atoms. The molecule has 0 radical (unpaired) electrons. The third-order valence-corrected chi connectivity index (χ3v) is 9.37. The molecule has 10 nitrogen and oxygen atoms in total. The van der Waals surface area contributed by atoms with E-state index in [4.69, 9.17) is 0 Å². The van der Waals surface area contributed by atoms with Gasteiger partial charge in [0.05, 0.1) is 44.2 Å². The Balaban J connectivity index is 0.00000289. The van der Waals surface area contributed by atoms with Crippen molar-refractivity contribution in [2.24, 2.45) is 18.9 Å². The van der Waals surface area contributed by atoms with Crippen molar-refractivity contribution in [3.63, 3.8) is 0 Å². The molecule has 3 N–H and O–H groups in total. The molecule has 12 heteroatoms. The van der Waals surface area contributed by atoms with Crippen molar-refractivity contribution in [2.45, 2.75) is 63.7 Å². The summed E-state index contributed by atoms with van der Waals surface area (Å²) in [6, 6.07) is -0.621. The second kappa shape index (κ2) is 9.42. The van der Waals surface area contributed by atoms with E-state index in [0.29, 0.717) is 31.0 Å². The Morgan fingerprint density at radius 1 is 1.34 bits per heavy atom. The molecule has 4 aliphatic heterocycles. The number of halogens is 1. The number of β-lactam (4-membered cyclic amide) rings is 1. The van der Waals surface area contributed by atoms with Gasteiger partial charge in [-0.05, 0) is 13.3 Å². The van der Waals surface area contributed by atoms with Crippen LogP contribution < -0.4 is 22.3 Å². The summed E-state index contributed by atoms with van der Waals surface area (Å²) in [4.78, 5) is 41.8. The number of rotatable bonds is 5. The molecule has 2 fully saturated rings. The van der Waals surface area contributed by atoms with E-state index in [9.17, 15) is 24.6 Å². The van der Waals surface area contributed by atoms with E-state index in [1.807, 2.05) is 18.9 Å². The van der Waals surface area contributed by atoms with Gasteiger partial charge in [-0.3, -0.25) is 9.59 Å². The van der Waals surface area contributed by atoms with Crippen molar-refractivity contribution in [3.8, 4) is 0 Å². The number of hydrogen-bond donors (Lipinski definition) is 3. The Kier molecular flexibility index (Phi) is 7.00. The lowest BCUT2D eigenvalue weighted by Gasteiger charge is -2.46. The fraction of sp³-hybridized carbons (Fsp3) is 0.652. The molecular weight excluding hydrogens is 494 g/mol. The van der Waals surface area contributed by atoms with Gasteiger partial charge < -0.3 is 37.7 Å². The number of carbonyl (C=O) groups is 3.